The Bertz CT molecular complexity index is 356. The molecule has 0 aromatic heterocycles. The monoisotopic (exact) mass is 242 g/mol. The largest absolute Gasteiger partial charge is 1.00 e. The predicted molar refractivity (Wildman–Crippen MR) is 45.3 cm³/mol. The van der Waals surface area contributed by atoms with Crippen molar-refractivity contribution in [2.75, 3.05) is 6.79 Å². The van der Waals surface area contributed by atoms with Crippen LogP contribution in [0.2, 0.25) is 0 Å². The Hall–Kier alpha value is 0.311. The van der Waals surface area contributed by atoms with E-state index >= 15 is 0 Å². The molecule has 1 aliphatic heterocycles. The first-order valence-electron chi connectivity index (χ1n) is 4.14. The van der Waals surface area contributed by atoms with Crippen LogP contribution >= 0.6 is 0 Å². The molecule has 0 fully saturated rings. The minimum absolute atomic E-state index is 0. The van der Waals surface area contributed by atoms with Crippen LogP contribution in [0.4, 0.5) is 12.9 Å². The maximum Gasteiger partial charge on any atom is 1.00 e. The van der Waals surface area contributed by atoms with Gasteiger partial charge in [0.25, 0.3) is 0 Å². The molecule has 0 saturated carbocycles. The van der Waals surface area contributed by atoms with Gasteiger partial charge in [0.15, 0.2) is 11.5 Å². The van der Waals surface area contributed by atoms with Gasteiger partial charge >= 0.3 is 58.4 Å². The van der Waals surface area contributed by atoms with Crippen molar-refractivity contribution in [1.82, 2.24) is 0 Å². The fraction of sp³-hybridized carbons (Fsp3) is 0.250. The van der Waals surface area contributed by atoms with Gasteiger partial charge in [-0.05, 0) is 12.1 Å². The molecule has 1 aromatic carbocycles. The van der Waals surface area contributed by atoms with Gasteiger partial charge in [0.2, 0.25) is 6.79 Å². The average Bonchev–Trinajstić information content (AvgIpc) is 2.47. The minimum atomic E-state index is -4.79. The van der Waals surface area contributed by atoms with Gasteiger partial charge in [-0.25, -0.2) is 0 Å². The Morgan fingerprint density at radius 2 is 1.80 bits per heavy atom. The van der Waals surface area contributed by atoms with Crippen LogP contribution in [-0.2, 0) is 6.32 Å². The van der Waals surface area contributed by atoms with Gasteiger partial charge in [-0.2, -0.15) is 0 Å². The van der Waals surface area contributed by atoms with Crippen LogP contribution in [0.15, 0.2) is 18.2 Å². The normalized spacial score (nSPS) is 13.5. The zero-order valence-corrected chi connectivity index (χ0v) is 11.3. The molecule has 0 unspecified atom stereocenters. The van der Waals surface area contributed by atoms with Crippen LogP contribution < -0.4 is 60.9 Å². The first-order valence-corrected chi connectivity index (χ1v) is 4.14. The molecular weight excluding hydrogens is 235 g/mol. The zero-order chi connectivity index (χ0) is 10.2. The molecule has 0 bridgehead atoms. The quantitative estimate of drug-likeness (QED) is 0.641. The molecule has 0 amide bonds. The zero-order valence-electron chi connectivity index (χ0n) is 8.17. The van der Waals surface area contributed by atoms with Crippen LogP contribution in [0.3, 0.4) is 0 Å². The van der Waals surface area contributed by atoms with Crippen molar-refractivity contribution in [3.8, 4) is 11.5 Å². The number of halogens is 3. The Morgan fingerprint density at radius 1 is 1.13 bits per heavy atom. The smallest absolute Gasteiger partial charge is 0.454 e. The fourth-order valence-corrected chi connectivity index (χ4v) is 1.34. The van der Waals surface area contributed by atoms with Gasteiger partial charge in [0.05, 0.1) is 0 Å². The van der Waals surface area contributed by atoms with E-state index in [9.17, 15) is 12.9 Å². The summed E-state index contributed by atoms with van der Waals surface area (Å²) in [4.78, 5) is 0. The number of ether oxygens (including phenoxy) is 2. The first kappa shape index (κ1) is 13.4. The predicted octanol–water partition coefficient (Wildman–Crippen LogP) is -0.652. The third-order valence-electron chi connectivity index (χ3n) is 1.90. The van der Waals surface area contributed by atoms with Crippen LogP contribution in [0, 0.1) is 0 Å². The number of hydrogen-bond acceptors (Lipinski definition) is 2. The van der Waals surface area contributed by atoms with E-state index in [0.717, 1.165) is 0 Å². The summed E-state index contributed by atoms with van der Waals surface area (Å²) >= 11 is 0. The maximum atomic E-state index is 12.1. The van der Waals surface area contributed by atoms with Crippen LogP contribution in [-0.4, -0.2) is 13.8 Å². The molecule has 2 nitrogen and oxygen atoms in total. The van der Waals surface area contributed by atoms with E-state index in [4.69, 9.17) is 9.47 Å². The molecule has 0 N–H and O–H groups in total. The standard InChI is InChI=1S/C8H7BF3O2.K/c10-9(11,12)4-6-1-2-7-8(3-6)14-5-13-7;/h1-3H,4-5H2;/q-1;+1. The van der Waals surface area contributed by atoms with Crippen molar-refractivity contribution in [3.63, 3.8) is 0 Å². The van der Waals surface area contributed by atoms with Gasteiger partial charge in [0, 0.05) is 0 Å². The Labute approximate surface area is 128 Å². The van der Waals surface area contributed by atoms with Crippen LogP contribution in [0.1, 0.15) is 5.56 Å². The van der Waals surface area contributed by atoms with Crippen molar-refractivity contribution < 1.29 is 73.8 Å². The molecule has 7 heteroatoms. The third-order valence-corrected chi connectivity index (χ3v) is 1.90. The van der Waals surface area contributed by atoms with Crippen LogP contribution in [0.5, 0.6) is 11.5 Å². The number of rotatable bonds is 2. The van der Waals surface area contributed by atoms with Crippen molar-refractivity contribution >= 4 is 6.98 Å². The maximum absolute atomic E-state index is 12.1. The van der Waals surface area contributed by atoms with Crippen molar-refractivity contribution in [1.29, 1.82) is 0 Å². The second kappa shape index (κ2) is 5.09. The topological polar surface area (TPSA) is 18.5 Å². The fourth-order valence-electron chi connectivity index (χ4n) is 1.34. The van der Waals surface area contributed by atoms with E-state index in [1.54, 1.807) is 0 Å². The summed E-state index contributed by atoms with van der Waals surface area (Å²) in [6.45, 7) is -4.71. The number of hydrogen-bond donors (Lipinski definition) is 0. The average molecular weight is 242 g/mol. The molecule has 0 saturated heterocycles. The summed E-state index contributed by atoms with van der Waals surface area (Å²) in [6.07, 6.45) is -0.878. The second-order valence-electron chi connectivity index (χ2n) is 3.10. The van der Waals surface area contributed by atoms with Gasteiger partial charge in [-0.3, -0.25) is 0 Å². The summed E-state index contributed by atoms with van der Waals surface area (Å²) in [7, 11) is 0. The van der Waals surface area contributed by atoms with Gasteiger partial charge in [-0.1, -0.05) is 17.9 Å². The molecular formula is C8H7BF3KO2. The molecule has 1 heterocycles. The van der Waals surface area contributed by atoms with Gasteiger partial charge in [-0.15, -0.1) is 0 Å². The molecule has 0 radical (unpaired) electrons. The van der Waals surface area contributed by atoms with E-state index in [2.05, 4.69) is 0 Å². The molecule has 0 aliphatic carbocycles. The molecule has 76 valence electrons. The summed E-state index contributed by atoms with van der Waals surface area (Å²) in [5.41, 5.74) is 0.210. The Morgan fingerprint density at radius 3 is 2.47 bits per heavy atom. The van der Waals surface area contributed by atoms with Gasteiger partial charge in [0.1, 0.15) is 0 Å². The molecule has 1 aromatic rings. The molecule has 2 rings (SSSR count). The number of fused-ring (bicyclic) bond motifs is 1. The number of benzene rings is 1. The minimum Gasteiger partial charge on any atom is -0.454 e. The van der Waals surface area contributed by atoms with E-state index in [0.29, 0.717) is 11.5 Å². The first-order chi connectivity index (χ1) is 6.54. The summed E-state index contributed by atoms with van der Waals surface area (Å²) < 4.78 is 46.2. The molecule has 15 heavy (non-hydrogen) atoms. The molecule has 0 atom stereocenters. The molecule has 1 aliphatic rings. The summed E-state index contributed by atoms with van der Waals surface area (Å²) in [6, 6.07) is 4.28. The van der Waals surface area contributed by atoms with E-state index in [1.807, 2.05) is 0 Å². The van der Waals surface area contributed by atoms with Crippen molar-refractivity contribution in [2.45, 2.75) is 6.32 Å². The SMILES string of the molecule is F[B-](F)(F)Cc1ccc2c(c1)OCO2.[K+]. The van der Waals surface area contributed by atoms with E-state index in [1.165, 1.54) is 18.2 Å². The molecule has 0 spiro atoms. The van der Waals surface area contributed by atoms with E-state index in [-0.39, 0.29) is 63.7 Å². The van der Waals surface area contributed by atoms with Crippen LogP contribution in [0.25, 0.3) is 0 Å². The van der Waals surface area contributed by atoms with Gasteiger partial charge < -0.3 is 22.4 Å². The van der Waals surface area contributed by atoms with Crippen molar-refractivity contribution in [3.05, 3.63) is 23.8 Å². The Balaban J connectivity index is 0.00000112. The second-order valence-corrected chi connectivity index (χ2v) is 3.10. The van der Waals surface area contributed by atoms with Crippen molar-refractivity contribution in [2.24, 2.45) is 0 Å². The Kier molecular flexibility index (Phi) is 4.54. The summed E-state index contributed by atoms with van der Waals surface area (Å²) in [5, 5.41) is 0. The summed E-state index contributed by atoms with van der Waals surface area (Å²) in [5.74, 6) is 0.894. The van der Waals surface area contributed by atoms with E-state index < -0.39 is 13.3 Å². The third kappa shape index (κ3) is 3.67.